The smallest absolute Gasteiger partial charge is 0.191 e. The van der Waals surface area contributed by atoms with Gasteiger partial charge in [0, 0.05) is 29.7 Å². The number of hydrogen-bond donors (Lipinski definition) is 2. The third-order valence-corrected chi connectivity index (χ3v) is 3.08. The van der Waals surface area contributed by atoms with Crippen LogP contribution < -0.4 is 15.4 Å². The summed E-state index contributed by atoms with van der Waals surface area (Å²) in [6, 6.07) is 5.98. The molecule has 0 unspecified atom stereocenters. The summed E-state index contributed by atoms with van der Waals surface area (Å²) in [6.07, 6.45) is 1.10. The minimum absolute atomic E-state index is 0.703. The summed E-state index contributed by atoms with van der Waals surface area (Å²) in [5, 5.41) is 6.51. The second-order valence-corrected chi connectivity index (χ2v) is 4.74. The minimum atomic E-state index is 0.703. The van der Waals surface area contributed by atoms with E-state index in [2.05, 4.69) is 37.6 Å². The van der Waals surface area contributed by atoms with Gasteiger partial charge in [0.25, 0.3) is 0 Å². The Bertz CT molecular complexity index is 420. The van der Waals surface area contributed by atoms with Crippen LogP contribution in [0.1, 0.15) is 12.0 Å². The Labute approximate surface area is 110 Å². The number of ether oxygens (including phenoxy) is 1. The van der Waals surface area contributed by atoms with Crippen LogP contribution in [0.3, 0.4) is 0 Å². The van der Waals surface area contributed by atoms with Gasteiger partial charge in [0.15, 0.2) is 5.96 Å². The summed E-state index contributed by atoms with van der Waals surface area (Å²) in [5.74, 6) is 1.76. The van der Waals surface area contributed by atoms with E-state index >= 15 is 0 Å². The Balaban J connectivity index is 2.02. The molecular weight excluding hydrogens is 282 g/mol. The van der Waals surface area contributed by atoms with Gasteiger partial charge in [0.1, 0.15) is 5.75 Å². The molecule has 0 spiro atoms. The third kappa shape index (κ3) is 3.36. The third-order valence-electron chi connectivity index (χ3n) is 2.59. The lowest BCUT2D eigenvalue weighted by molar-refractivity contribution is 0.409. The first-order valence-corrected chi connectivity index (χ1v) is 6.43. The number of guanidine groups is 1. The summed E-state index contributed by atoms with van der Waals surface area (Å²) < 4.78 is 6.37. The fraction of sp³-hybridized carbons (Fsp3) is 0.417. The van der Waals surface area contributed by atoms with E-state index in [1.54, 1.807) is 7.11 Å². The highest BCUT2D eigenvalue weighted by molar-refractivity contribution is 9.10. The summed E-state index contributed by atoms with van der Waals surface area (Å²) in [5.41, 5.74) is 1.11. The van der Waals surface area contributed by atoms with Crippen molar-refractivity contribution in [2.24, 2.45) is 4.99 Å². The largest absolute Gasteiger partial charge is 0.496 e. The number of benzene rings is 1. The highest BCUT2D eigenvalue weighted by Crippen LogP contribution is 2.22. The molecular formula is C12H16BrN3O. The molecule has 1 aromatic rings. The van der Waals surface area contributed by atoms with E-state index in [9.17, 15) is 0 Å². The van der Waals surface area contributed by atoms with Crippen molar-refractivity contribution >= 4 is 21.9 Å². The van der Waals surface area contributed by atoms with E-state index in [1.807, 2.05) is 12.1 Å². The molecule has 0 atom stereocenters. The Morgan fingerprint density at radius 2 is 2.41 bits per heavy atom. The molecule has 1 heterocycles. The van der Waals surface area contributed by atoms with Crippen LogP contribution in [0.5, 0.6) is 5.75 Å². The van der Waals surface area contributed by atoms with E-state index < -0.39 is 0 Å². The molecule has 1 aromatic carbocycles. The second kappa shape index (κ2) is 5.91. The number of hydrogen-bond acceptors (Lipinski definition) is 4. The SMILES string of the molecule is COc1ccc(Br)cc1CNC1=NCCCN1. The summed E-state index contributed by atoms with van der Waals surface area (Å²) in [6.45, 7) is 2.58. The van der Waals surface area contributed by atoms with Crippen LogP contribution >= 0.6 is 15.9 Å². The van der Waals surface area contributed by atoms with Gasteiger partial charge >= 0.3 is 0 Å². The average molecular weight is 298 g/mol. The quantitative estimate of drug-likeness (QED) is 0.896. The van der Waals surface area contributed by atoms with Crippen molar-refractivity contribution in [3.05, 3.63) is 28.2 Å². The number of nitrogens with zero attached hydrogens (tertiary/aromatic N) is 1. The van der Waals surface area contributed by atoms with Crippen molar-refractivity contribution in [2.75, 3.05) is 20.2 Å². The molecule has 0 saturated carbocycles. The van der Waals surface area contributed by atoms with Crippen molar-refractivity contribution in [1.29, 1.82) is 0 Å². The monoisotopic (exact) mass is 297 g/mol. The number of aliphatic imine (C=N–C) groups is 1. The van der Waals surface area contributed by atoms with Crippen molar-refractivity contribution in [1.82, 2.24) is 10.6 Å². The molecule has 0 radical (unpaired) electrons. The molecule has 0 saturated heterocycles. The van der Waals surface area contributed by atoms with E-state index in [1.165, 1.54) is 0 Å². The van der Waals surface area contributed by atoms with Gasteiger partial charge in [-0.15, -0.1) is 0 Å². The molecule has 0 aromatic heterocycles. The minimum Gasteiger partial charge on any atom is -0.496 e. The standard InChI is InChI=1S/C12H16BrN3O/c1-17-11-4-3-10(13)7-9(11)8-16-12-14-5-2-6-15-12/h3-4,7H,2,5-6,8H2,1H3,(H2,14,15,16). The molecule has 0 bridgehead atoms. The Morgan fingerprint density at radius 1 is 1.53 bits per heavy atom. The van der Waals surface area contributed by atoms with E-state index in [0.29, 0.717) is 6.54 Å². The number of halogens is 1. The zero-order valence-electron chi connectivity index (χ0n) is 9.79. The Kier molecular flexibility index (Phi) is 4.25. The lowest BCUT2D eigenvalue weighted by Crippen LogP contribution is -2.40. The van der Waals surface area contributed by atoms with Crippen LogP contribution in [0.15, 0.2) is 27.7 Å². The van der Waals surface area contributed by atoms with Crippen molar-refractivity contribution < 1.29 is 4.74 Å². The van der Waals surface area contributed by atoms with Gasteiger partial charge in [-0.1, -0.05) is 15.9 Å². The van der Waals surface area contributed by atoms with Crippen LogP contribution in [0.2, 0.25) is 0 Å². The first-order valence-electron chi connectivity index (χ1n) is 5.64. The van der Waals surface area contributed by atoms with Crippen molar-refractivity contribution in [2.45, 2.75) is 13.0 Å². The van der Waals surface area contributed by atoms with Gasteiger partial charge in [-0.05, 0) is 24.6 Å². The first-order chi connectivity index (χ1) is 8.29. The zero-order valence-corrected chi connectivity index (χ0v) is 11.4. The maximum Gasteiger partial charge on any atom is 0.191 e. The van der Waals surface area contributed by atoms with E-state index in [4.69, 9.17) is 4.74 Å². The molecule has 0 aliphatic carbocycles. The highest BCUT2D eigenvalue weighted by atomic mass is 79.9. The Morgan fingerprint density at radius 3 is 3.12 bits per heavy atom. The number of methoxy groups -OCH3 is 1. The molecule has 17 heavy (non-hydrogen) atoms. The second-order valence-electron chi connectivity index (χ2n) is 3.82. The van der Waals surface area contributed by atoms with Crippen molar-refractivity contribution in [3.63, 3.8) is 0 Å². The molecule has 2 N–H and O–H groups in total. The van der Waals surface area contributed by atoms with Crippen LogP contribution in [-0.2, 0) is 6.54 Å². The zero-order chi connectivity index (χ0) is 12.1. The van der Waals surface area contributed by atoms with E-state index in [0.717, 1.165) is 41.3 Å². The van der Waals surface area contributed by atoms with Gasteiger partial charge in [0.05, 0.1) is 7.11 Å². The number of nitrogens with one attached hydrogen (secondary N) is 2. The molecule has 1 aliphatic heterocycles. The molecule has 92 valence electrons. The topological polar surface area (TPSA) is 45.6 Å². The highest BCUT2D eigenvalue weighted by Gasteiger charge is 2.06. The van der Waals surface area contributed by atoms with E-state index in [-0.39, 0.29) is 0 Å². The van der Waals surface area contributed by atoms with Gasteiger partial charge < -0.3 is 15.4 Å². The summed E-state index contributed by atoms with van der Waals surface area (Å²) in [4.78, 5) is 4.36. The molecule has 0 amide bonds. The lowest BCUT2D eigenvalue weighted by Gasteiger charge is -2.17. The molecule has 1 aliphatic rings. The predicted molar refractivity (Wildman–Crippen MR) is 72.5 cm³/mol. The van der Waals surface area contributed by atoms with Crippen LogP contribution in [0.4, 0.5) is 0 Å². The normalized spacial score (nSPS) is 14.8. The van der Waals surface area contributed by atoms with Crippen LogP contribution in [0, 0.1) is 0 Å². The Hall–Kier alpha value is -1.23. The molecule has 5 heteroatoms. The first kappa shape index (κ1) is 12.2. The van der Waals surface area contributed by atoms with Gasteiger partial charge in [0.2, 0.25) is 0 Å². The van der Waals surface area contributed by atoms with Gasteiger partial charge in [-0.2, -0.15) is 0 Å². The molecule has 0 fully saturated rings. The van der Waals surface area contributed by atoms with Crippen LogP contribution in [-0.4, -0.2) is 26.2 Å². The predicted octanol–water partition coefficient (Wildman–Crippen LogP) is 1.90. The fourth-order valence-corrected chi connectivity index (χ4v) is 2.12. The fourth-order valence-electron chi connectivity index (χ4n) is 1.72. The average Bonchev–Trinajstić information content (AvgIpc) is 2.38. The van der Waals surface area contributed by atoms with Crippen molar-refractivity contribution in [3.8, 4) is 5.75 Å². The lowest BCUT2D eigenvalue weighted by atomic mass is 10.2. The van der Waals surface area contributed by atoms with Crippen LogP contribution in [0.25, 0.3) is 0 Å². The summed E-state index contributed by atoms with van der Waals surface area (Å²) in [7, 11) is 1.68. The summed E-state index contributed by atoms with van der Waals surface area (Å²) >= 11 is 3.46. The maximum absolute atomic E-state index is 5.32. The number of rotatable bonds is 3. The van der Waals surface area contributed by atoms with Gasteiger partial charge in [-0.3, -0.25) is 4.99 Å². The maximum atomic E-state index is 5.32. The van der Waals surface area contributed by atoms with Gasteiger partial charge in [-0.25, -0.2) is 0 Å². The molecule has 2 rings (SSSR count). The molecule has 4 nitrogen and oxygen atoms in total.